The topological polar surface area (TPSA) is 79.8 Å². The van der Waals surface area contributed by atoms with Gasteiger partial charge in [-0.2, -0.15) is 0 Å². The van der Waals surface area contributed by atoms with Crippen LogP contribution in [0.2, 0.25) is 0 Å². The van der Waals surface area contributed by atoms with Gasteiger partial charge in [-0.05, 0) is 38.2 Å². The number of amides is 2. The Morgan fingerprint density at radius 1 is 1.26 bits per heavy atom. The fourth-order valence-corrected chi connectivity index (χ4v) is 2.74. The second-order valence-corrected chi connectivity index (χ2v) is 5.56. The summed E-state index contributed by atoms with van der Waals surface area (Å²) in [7, 11) is 0. The Hall–Kier alpha value is -2.57. The number of aryl methyl sites for hydroxylation is 2. The zero-order valence-corrected chi connectivity index (χ0v) is 12.9. The Bertz CT molecular complexity index is 734. The number of anilines is 1. The number of rotatable bonds is 3. The average Bonchev–Trinajstić information content (AvgIpc) is 2.53. The van der Waals surface area contributed by atoms with Gasteiger partial charge in [-0.1, -0.05) is 0 Å². The number of halogens is 1. The van der Waals surface area contributed by atoms with Gasteiger partial charge in [0.2, 0.25) is 0 Å². The van der Waals surface area contributed by atoms with Crippen molar-refractivity contribution in [3.63, 3.8) is 0 Å². The Balaban J connectivity index is 1.62. The van der Waals surface area contributed by atoms with Crippen molar-refractivity contribution in [1.29, 1.82) is 0 Å². The van der Waals surface area contributed by atoms with Gasteiger partial charge in [0.25, 0.3) is 0 Å². The molecule has 0 spiro atoms. The standard InChI is InChI=1S/C16H18FN5O/c1-10-13-4-2-3-5-14(13)22-15(20-10)9-19-16(23)21-12-6-11(17)7-18-8-12/h6-8H,2-5,9H2,1H3,(H2,19,21,23). The number of nitrogens with zero attached hydrogens (tertiary/aromatic N) is 3. The molecule has 0 fully saturated rings. The molecule has 3 rings (SSSR count). The summed E-state index contributed by atoms with van der Waals surface area (Å²) in [6, 6.07) is 0.753. The molecule has 2 N–H and O–H groups in total. The molecule has 0 aliphatic heterocycles. The lowest BCUT2D eigenvalue weighted by Crippen LogP contribution is -2.29. The number of pyridine rings is 1. The fraction of sp³-hybridized carbons (Fsp3) is 0.375. The van der Waals surface area contributed by atoms with Crippen LogP contribution < -0.4 is 10.6 Å². The highest BCUT2D eigenvalue weighted by molar-refractivity contribution is 5.88. The summed E-state index contributed by atoms with van der Waals surface area (Å²) in [5.41, 5.74) is 3.62. The number of nitrogens with one attached hydrogen (secondary N) is 2. The van der Waals surface area contributed by atoms with Crippen molar-refractivity contribution in [2.24, 2.45) is 0 Å². The molecular weight excluding hydrogens is 297 g/mol. The molecule has 120 valence electrons. The molecule has 1 aliphatic carbocycles. The molecule has 2 heterocycles. The number of aromatic nitrogens is 3. The number of carbonyl (C=O) groups excluding carboxylic acids is 1. The highest BCUT2D eigenvalue weighted by Crippen LogP contribution is 2.21. The third-order valence-corrected chi connectivity index (χ3v) is 3.81. The summed E-state index contributed by atoms with van der Waals surface area (Å²) < 4.78 is 13.0. The van der Waals surface area contributed by atoms with Gasteiger partial charge in [0.1, 0.15) is 11.6 Å². The lowest BCUT2D eigenvalue weighted by atomic mass is 9.95. The van der Waals surface area contributed by atoms with Crippen molar-refractivity contribution < 1.29 is 9.18 Å². The van der Waals surface area contributed by atoms with Crippen molar-refractivity contribution in [2.75, 3.05) is 5.32 Å². The molecule has 7 heteroatoms. The van der Waals surface area contributed by atoms with Crippen molar-refractivity contribution in [3.8, 4) is 0 Å². The molecular formula is C16H18FN5O. The summed E-state index contributed by atoms with van der Waals surface area (Å²) in [5.74, 6) is 0.0899. The SMILES string of the molecule is Cc1nc(CNC(=O)Nc2cncc(F)c2)nc2c1CCCC2. The predicted molar refractivity (Wildman–Crippen MR) is 83.5 cm³/mol. The zero-order chi connectivity index (χ0) is 16.2. The minimum absolute atomic E-state index is 0.225. The second-order valence-electron chi connectivity index (χ2n) is 5.56. The summed E-state index contributed by atoms with van der Waals surface area (Å²) >= 11 is 0. The Morgan fingerprint density at radius 2 is 2.09 bits per heavy atom. The van der Waals surface area contributed by atoms with Crippen LogP contribution in [0.15, 0.2) is 18.5 Å². The van der Waals surface area contributed by atoms with E-state index in [-0.39, 0.29) is 6.54 Å². The second kappa shape index (κ2) is 6.68. The molecule has 0 radical (unpaired) electrons. The van der Waals surface area contributed by atoms with Crippen LogP contribution in [0.3, 0.4) is 0 Å². The molecule has 0 aromatic carbocycles. The largest absolute Gasteiger partial charge is 0.331 e. The van der Waals surface area contributed by atoms with E-state index in [9.17, 15) is 9.18 Å². The minimum Gasteiger partial charge on any atom is -0.331 e. The molecule has 23 heavy (non-hydrogen) atoms. The molecule has 0 saturated heterocycles. The zero-order valence-electron chi connectivity index (χ0n) is 12.9. The summed E-state index contributed by atoms with van der Waals surface area (Å²) in [6.07, 6.45) is 6.77. The summed E-state index contributed by atoms with van der Waals surface area (Å²) in [5, 5.41) is 5.20. The maximum atomic E-state index is 13.0. The van der Waals surface area contributed by atoms with Gasteiger partial charge in [-0.3, -0.25) is 4.98 Å². The molecule has 6 nitrogen and oxygen atoms in total. The van der Waals surface area contributed by atoms with E-state index in [1.54, 1.807) is 0 Å². The normalized spacial score (nSPS) is 13.3. The Labute approximate surface area is 133 Å². The van der Waals surface area contributed by atoms with Crippen LogP contribution >= 0.6 is 0 Å². The van der Waals surface area contributed by atoms with Gasteiger partial charge in [0, 0.05) is 17.5 Å². The van der Waals surface area contributed by atoms with Gasteiger partial charge in [0.15, 0.2) is 0 Å². The number of urea groups is 1. The smallest absolute Gasteiger partial charge is 0.319 e. The summed E-state index contributed by atoms with van der Waals surface area (Å²) in [6.45, 7) is 2.20. The predicted octanol–water partition coefficient (Wildman–Crippen LogP) is 2.52. The van der Waals surface area contributed by atoms with Crippen molar-refractivity contribution in [3.05, 3.63) is 47.1 Å². The minimum atomic E-state index is -0.503. The molecule has 2 aromatic heterocycles. The highest BCUT2D eigenvalue weighted by Gasteiger charge is 2.15. The summed E-state index contributed by atoms with van der Waals surface area (Å²) in [4.78, 5) is 24.5. The van der Waals surface area contributed by atoms with Crippen LogP contribution in [0, 0.1) is 12.7 Å². The van der Waals surface area contributed by atoms with Crippen LogP contribution in [0.5, 0.6) is 0 Å². The van der Waals surface area contributed by atoms with Gasteiger partial charge in [-0.15, -0.1) is 0 Å². The van der Waals surface area contributed by atoms with Crippen molar-refractivity contribution in [1.82, 2.24) is 20.3 Å². The molecule has 2 aromatic rings. The van der Waals surface area contributed by atoms with Crippen LogP contribution in [0.4, 0.5) is 14.9 Å². The van der Waals surface area contributed by atoms with E-state index >= 15 is 0 Å². The molecule has 1 aliphatic rings. The van der Waals surface area contributed by atoms with Gasteiger partial charge >= 0.3 is 6.03 Å². The highest BCUT2D eigenvalue weighted by atomic mass is 19.1. The first-order chi connectivity index (χ1) is 11.1. The van der Waals surface area contributed by atoms with Gasteiger partial charge in [0.05, 0.1) is 24.6 Å². The lowest BCUT2D eigenvalue weighted by molar-refractivity contribution is 0.251. The number of hydrogen-bond acceptors (Lipinski definition) is 4. The van der Waals surface area contributed by atoms with E-state index in [2.05, 4.69) is 25.6 Å². The number of fused-ring (bicyclic) bond motifs is 1. The maximum absolute atomic E-state index is 13.0. The molecule has 2 amide bonds. The van der Waals surface area contributed by atoms with E-state index in [4.69, 9.17) is 0 Å². The van der Waals surface area contributed by atoms with E-state index in [0.717, 1.165) is 36.8 Å². The van der Waals surface area contributed by atoms with Crippen LogP contribution in [0.25, 0.3) is 0 Å². The Kier molecular flexibility index (Phi) is 4.45. The van der Waals surface area contributed by atoms with Crippen molar-refractivity contribution >= 4 is 11.7 Å². The van der Waals surface area contributed by atoms with Crippen LogP contribution in [0.1, 0.15) is 35.6 Å². The quantitative estimate of drug-likeness (QED) is 0.912. The fourth-order valence-electron chi connectivity index (χ4n) is 2.74. The first kappa shape index (κ1) is 15.3. The number of carbonyl (C=O) groups is 1. The third-order valence-electron chi connectivity index (χ3n) is 3.81. The third kappa shape index (κ3) is 3.80. The van der Waals surface area contributed by atoms with E-state index < -0.39 is 11.8 Å². The van der Waals surface area contributed by atoms with Gasteiger partial charge < -0.3 is 10.6 Å². The molecule has 0 unspecified atom stereocenters. The van der Waals surface area contributed by atoms with Crippen molar-refractivity contribution in [2.45, 2.75) is 39.2 Å². The molecule has 0 bridgehead atoms. The lowest BCUT2D eigenvalue weighted by Gasteiger charge is -2.17. The van der Waals surface area contributed by atoms with E-state index in [0.29, 0.717) is 11.5 Å². The number of hydrogen-bond donors (Lipinski definition) is 2. The van der Waals surface area contributed by atoms with Crippen LogP contribution in [-0.4, -0.2) is 21.0 Å². The van der Waals surface area contributed by atoms with E-state index in [1.807, 2.05) is 6.92 Å². The van der Waals surface area contributed by atoms with Gasteiger partial charge in [-0.25, -0.2) is 19.2 Å². The average molecular weight is 315 g/mol. The van der Waals surface area contributed by atoms with Crippen LogP contribution in [-0.2, 0) is 19.4 Å². The first-order valence-electron chi connectivity index (χ1n) is 7.62. The molecule has 0 saturated carbocycles. The maximum Gasteiger partial charge on any atom is 0.319 e. The monoisotopic (exact) mass is 315 g/mol. The Morgan fingerprint density at radius 3 is 2.91 bits per heavy atom. The first-order valence-corrected chi connectivity index (χ1v) is 7.62. The molecule has 0 atom stereocenters. The van der Waals surface area contributed by atoms with E-state index in [1.165, 1.54) is 24.2 Å².